The fourth-order valence-corrected chi connectivity index (χ4v) is 2.83. The first-order valence-corrected chi connectivity index (χ1v) is 8.28. The molecule has 1 heterocycles. The van der Waals surface area contributed by atoms with Crippen LogP contribution in [0.4, 0.5) is 0 Å². The lowest BCUT2D eigenvalue weighted by atomic mass is 10.0. The van der Waals surface area contributed by atoms with Crippen molar-refractivity contribution >= 4 is 21.7 Å². The summed E-state index contributed by atoms with van der Waals surface area (Å²) in [6.45, 7) is 1.76. The Bertz CT molecular complexity index is 631. The Kier molecular flexibility index (Phi) is 4.90. The van der Waals surface area contributed by atoms with E-state index in [1.807, 2.05) is 48.5 Å². The van der Waals surface area contributed by atoms with Gasteiger partial charge < -0.3 is 10.1 Å². The molecule has 0 aliphatic carbocycles. The molecule has 4 heteroatoms. The molecule has 0 saturated carbocycles. The molecule has 1 saturated heterocycles. The van der Waals surface area contributed by atoms with Crippen LogP contribution in [0.1, 0.15) is 28.8 Å². The van der Waals surface area contributed by atoms with Crippen molar-refractivity contribution in [1.82, 2.24) is 5.32 Å². The molecule has 1 aliphatic rings. The van der Waals surface area contributed by atoms with Crippen molar-refractivity contribution in [3.05, 3.63) is 64.1 Å². The van der Waals surface area contributed by atoms with E-state index in [1.54, 1.807) is 0 Å². The maximum atomic E-state index is 12.4. The Morgan fingerprint density at radius 2 is 1.73 bits per heavy atom. The highest BCUT2D eigenvalue weighted by molar-refractivity contribution is 9.10. The summed E-state index contributed by atoms with van der Waals surface area (Å²) in [5.74, 6) is 0.831. The van der Waals surface area contributed by atoms with Gasteiger partial charge in [0, 0.05) is 21.6 Å². The van der Waals surface area contributed by atoms with Crippen LogP contribution in [0.15, 0.2) is 53.0 Å². The van der Waals surface area contributed by atoms with E-state index < -0.39 is 0 Å². The Morgan fingerprint density at radius 3 is 2.32 bits per heavy atom. The first kappa shape index (κ1) is 15.3. The molecule has 1 fully saturated rings. The summed E-state index contributed by atoms with van der Waals surface area (Å²) >= 11 is 3.37. The van der Waals surface area contributed by atoms with Crippen LogP contribution in [0, 0.1) is 0 Å². The number of ether oxygens (including phenoxy) is 1. The fourth-order valence-electron chi connectivity index (χ4n) is 2.57. The van der Waals surface area contributed by atoms with Gasteiger partial charge in [0.25, 0.3) is 0 Å². The fraction of sp³-hybridized carbons (Fsp3) is 0.278. The van der Waals surface area contributed by atoms with E-state index in [0.717, 1.165) is 16.8 Å². The minimum Gasteiger partial charge on any atom is -0.492 e. The van der Waals surface area contributed by atoms with Crippen LogP contribution in [0.3, 0.4) is 0 Å². The Morgan fingerprint density at radius 1 is 1.09 bits per heavy atom. The highest BCUT2D eigenvalue weighted by atomic mass is 79.9. The van der Waals surface area contributed by atoms with E-state index in [1.165, 1.54) is 12.8 Å². The number of carbonyl (C=O) groups is 1. The predicted molar refractivity (Wildman–Crippen MR) is 90.5 cm³/mol. The Balaban J connectivity index is 1.62. The van der Waals surface area contributed by atoms with Crippen molar-refractivity contribution in [3.63, 3.8) is 0 Å². The van der Waals surface area contributed by atoms with E-state index in [2.05, 4.69) is 21.2 Å². The quantitative estimate of drug-likeness (QED) is 0.824. The smallest absolute Gasteiger partial charge is 0.193 e. The number of hydrogen-bond acceptors (Lipinski definition) is 3. The van der Waals surface area contributed by atoms with Gasteiger partial charge in [0.05, 0.1) is 0 Å². The zero-order valence-electron chi connectivity index (χ0n) is 12.2. The second kappa shape index (κ2) is 7.07. The lowest BCUT2D eigenvalue weighted by Gasteiger charge is -2.12. The van der Waals surface area contributed by atoms with Gasteiger partial charge in [0.15, 0.2) is 5.78 Å². The molecular weight excluding hydrogens is 342 g/mol. The monoisotopic (exact) mass is 359 g/mol. The maximum Gasteiger partial charge on any atom is 0.193 e. The number of hydrogen-bond donors (Lipinski definition) is 1. The average Bonchev–Trinajstić information content (AvgIpc) is 3.07. The molecule has 2 aromatic carbocycles. The van der Waals surface area contributed by atoms with Crippen molar-refractivity contribution in [1.29, 1.82) is 0 Å². The molecule has 22 heavy (non-hydrogen) atoms. The molecule has 3 nitrogen and oxygen atoms in total. The molecule has 2 aromatic rings. The van der Waals surface area contributed by atoms with Crippen molar-refractivity contribution < 1.29 is 9.53 Å². The van der Waals surface area contributed by atoms with Gasteiger partial charge in [-0.1, -0.05) is 15.9 Å². The number of nitrogens with one attached hydrogen (secondary N) is 1. The third-order valence-corrected chi connectivity index (χ3v) is 4.37. The zero-order valence-corrected chi connectivity index (χ0v) is 13.8. The normalized spacial score (nSPS) is 17.4. The molecular formula is C18H18BrNO2. The number of benzene rings is 2. The maximum absolute atomic E-state index is 12.4. The van der Waals surface area contributed by atoms with Gasteiger partial charge in [0.1, 0.15) is 12.4 Å². The molecule has 0 aromatic heterocycles. The second-order valence-electron chi connectivity index (χ2n) is 5.46. The van der Waals surface area contributed by atoms with Gasteiger partial charge in [-0.05, 0) is 67.9 Å². The highest BCUT2D eigenvalue weighted by Crippen LogP contribution is 2.18. The Labute approximate surface area is 138 Å². The van der Waals surface area contributed by atoms with Gasteiger partial charge >= 0.3 is 0 Å². The van der Waals surface area contributed by atoms with E-state index >= 15 is 0 Å². The van der Waals surface area contributed by atoms with Crippen molar-refractivity contribution in [2.24, 2.45) is 0 Å². The number of halogens is 1. The Hall–Kier alpha value is -1.65. The molecule has 1 aliphatic heterocycles. The van der Waals surface area contributed by atoms with E-state index in [4.69, 9.17) is 4.74 Å². The van der Waals surface area contributed by atoms with Crippen molar-refractivity contribution in [2.75, 3.05) is 13.2 Å². The number of rotatable bonds is 5. The van der Waals surface area contributed by atoms with Gasteiger partial charge in [-0.3, -0.25) is 4.79 Å². The SMILES string of the molecule is O=C(c1ccc(Br)cc1)c1ccc(OC[C@@H]2CCCN2)cc1. The molecule has 0 amide bonds. The molecule has 0 bridgehead atoms. The van der Waals surface area contributed by atoms with Crippen LogP contribution in [0.2, 0.25) is 0 Å². The van der Waals surface area contributed by atoms with E-state index in [9.17, 15) is 4.79 Å². The number of ketones is 1. The first-order valence-electron chi connectivity index (χ1n) is 7.49. The van der Waals surface area contributed by atoms with Crippen LogP contribution in [-0.4, -0.2) is 25.0 Å². The van der Waals surface area contributed by atoms with Gasteiger partial charge in [-0.25, -0.2) is 0 Å². The summed E-state index contributed by atoms with van der Waals surface area (Å²) in [5.41, 5.74) is 1.36. The van der Waals surface area contributed by atoms with Crippen LogP contribution >= 0.6 is 15.9 Å². The minimum atomic E-state index is 0.0245. The third-order valence-electron chi connectivity index (χ3n) is 3.84. The van der Waals surface area contributed by atoms with Gasteiger partial charge in [-0.15, -0.1) is 0 Å². The second-order valence-corrected chi connectivity index (χ2v) is 6.38. The summed E-state index contributed by atoms with van der Waals surface area (Å²) in [4.78, 5) is 12.4. The van der Waals surface area contributed by atoms with E-state index in [0.29, 0.717) is 23.8 Å². The van der Waals surface area contributed by atoms with Crippen molar-refractivity contribution in [3.8, 4) is 5.75 Å². The summed E-state index contributed by atoms with van der Waals surface area (Å²) in [6.07, 6.45) is 2.38. The summed E-state index contributed by atoms with van der Waals surface area (Å²) < 4.78 is 6.73. The van der Waals surface area contributed by atoms with Crippen LogP contribution in [0.5, 0.6) is 5.75 Å². The third kappa shape index (κ3) is 3.76. The van der Waals surface area contributed by atoms with Gasteiger partial charge in [-0.2, -0.15) is 0 Å². The number of carbonyl (C=O) groups excluding carboxylic acids is 1. The lowest BCUT2D eigenvalue weighted by Crippen LogP contribution is -2.28. The standard InChI is InChI=1S/C18H18BrNO2/c19-15-7-3-13(4-8-15)18(21)14-5-9-17(10-6-14)22-12-16-2-1-11-20-16/h3-10,16,20H,1-2,11-12H2/t16-/m0/s1. The van der Waals surface area contributed by atoms with Crippen molar-refractivity contribution in [2.45, 2.75) is 18.9 Å². The average molecular weight is 360 g/mol. The first-order chi connectivity index (χ1) is 10.7. The van der Waals surface area contributed by atoms with Gasteiger partial charge in [0.2, 0.25) is 0 Å². The molecule has 0 unspecified atom stereocenters. The zero-order chi connectivity index (χ0) is 15.4. The summed E-state index contributed by atoms with van der Waals surface area (Å²) in [5, 5.41) is 3.40. The molecule has 114 valence electrons. The largest absolute Gasteiger partial charge is 0.492 e. The van der Waals surface area contributed by atoms with Crippen LogP contribution < -0.4 is 10.1 Å². The molecule has 1 N–H and O–H groups in total. The molecule has 3 rings (SSSR count). The summed E-state index contributed by atoms with van der Waals surface area (Å²) in [7, 11) is 0. The molecule has 1 atom stereocenters. The predicted octanol–water partition coefficient (Wildman–Crippen LogP) is 3.81. The highest BCUT2D eigenvalue weighted by Gasteiger charge is 2.14. The topological polar surface area (TPSA) is 38.3 Å². The van der Waals surface area contributed by atoms with Crippen LogP contribution in [-0.2, 0) is 0 Å². The lowest BCUT2D eigenvalue weighted by molar-refractivity contribution is 0.103. The minimum absolute atomic E-state index is 0.0245. The molecule has 0 spiro atoms. The van der Waals surface area contributed by atoms with E-state index in [-0.39, 0.29) is 5.78 Å². The van der Waals surface area contributed by atoms with Crippen LogP contribution in [0.25, 0.3) is 0 Å². The summed E-state index contributed by atoms with van der Waals surface area (Å²) in [6, 6.07) is 15.2. The molecule has 0 radical (unpaired) electrons.